The van der Waals surface area contributed by atoms with Crippen LogP contribution in [0.5, 0.6) is 0 Å². The fourth-order valence-corrected chi connectivity index (χ4v) is 2.55. The molecule has 0 aliphatic carbocycles. The molecule has 0 aromatic carbocycles. The summed E-state index contributed by atoms with van der Waals surface area (Å²) in [4.78, 5) is 6.47. The number of hydrogen-bond acceptors (Lipinski definition) is 3. The molecule has 2 heterocycles. The van der Waals surface area contributed by atoms with Gasteiger partial charge in [0.25, 0.3) is 0 Å². The van der Waals surface area contributed by atoms with Crippen molar-refractivity contribution in [1.82, 2.24) is 4.98 Å². The second-order valence-corrected chi connectivity index (χ2v) is 5.56. The average molecular weight is 275 g/mol. The summed E-state index contributed by atoms with van der Waals surface area (Å²) in [6.45, 7) is 5.59. The van der Waals surface area contributed by atoms with Gasteiger partial charge in [0.15, 0.2) is 0 Å². The van der Waals surface area contributed by atoms with Crippen molar-refractivity contribution < 1.29 is 4.74 Å². The summed E-state index contributed by atoms with van der Waals surface area (Å²) in [6.07, 6.45) is 1.76. The van der Waals surface area contributed by atoms with Crippen LogP contribution in [0.3, 0.4) is 0 Å². The molecule has 1 aromatic rings. The smallest absolute Gasteiger partial charge is 0.147 e. The predicted octanol–water partition coefficient (Wildman–Crippen LogP) is 2.96. The second kappa shape index (κ2) is 5.01. The molecule has 0 amide bonds. The van der Waals surface area contributed by atoms with Gasteiger partial charge in [-0.2, -0.15) is 0 Å². The summed E-state index contributed by atoms with van der Waals surface area (Å²) in [6, 6.07) is 3.68. The van der Waals surface area contributed by atoms with Gasteiger partial charge in [-0.15, -0.1) is 11.6 Å². The van der Waals surface area contributed by atoms with E-state index >= 15 is 0 Å². The molecule has 0 spiro atoms. The van der Waals surface area contributed by atoms with Gasteiger partial charge in [-0.05, 0) is 26.0 Å². The first kappa shape index (κ1) is 12.9. The van der Waals surface area contributed by atoms with E-state index < -0.39 is 0 Å². The summed E-state index contributed by atoms with van der Waals surface area (Å²) in [5, 5.41) is 0.665. The maximum Gasteiger partial charge on any atom is 0.147 e. The van der Waals surface area contributed by atoms with Gasteiger partial charge in [-0.25, -0.2) is 4.98 Å². The Morgan fingerprint density at radius 3 is 3.00 bits per heavy atom. The van der Waals surface area contributed by atoms with E-state index in [0.717, 1.165) is 18.9 Å². The lowest BCUT2D eigenvalue weighted by atomic mass is 10.1. The van der Waals surface area contributed by atoms with Gasteiger partial charge >= 0.3 is 0 Å². The zero-order chi connectivity index (χ0) is 12.5. The Bertz CT molecular complexity index is 398. The van der Waals surface area contributed by atoms with Gasteiger partial charge in [-0.3, -0.25) is 0 Å². The van der Waals surface area contributed by atoms with Crippen molar-refractivity contribution in [2.24, 2.45) is 0 Å². The molecule has 2 rings (SSSR count). The van der Waals surface area contributed by atoms with Crippen LogP contribution < -0.4 is 4.90 Å². The summed E-state index contributed by atoms with van der Waals surface area (Å²) >= 11 is 12.1. The second-order valence-electron chi connectivity index (χ2n) is 4.84. The van der Waals surface area contributed by atoms with Crippen LogP contribution in [0.15, 0.2) is 18.3 Å². The first-order valence-electron chi connectivity index (χ1n) is 5.61. The van der Waals surface area contributed by atoms with Crippen LogP contribution in [-0.4, -0.2) is 35.7 Å². The zero-order valence-electron chi connectivity index (χ0n) is 9.99. The number of nitrogens with zero attached hydrogens (tertiary/aromatic N) is 2. The van der Waals surface area contributed by atoms with Gasteiger partial charge in [0.2, 0.25) is 0 Å². The van der Waals surface area contributed by atoms with E-state index in [-0.39, 0.29) is 11.7 Å². The molecule has 1 atom stereocenters. The first-order valence-corrected chi connectivity index (χ1v) is 6.52. The number of morpholine rings is 1. The number of aromatic nitrogens is 1. The Morgan fingerprint density at radius 2 is 2.35 bits per heavy atom. The number of alkyl halides is 1. The molecule has 0 bridgehead atoms. The minimum absolute atomic E-state index is 0.0125. The summed E-state index contributed by atoms with van der Waals surface area (Å²) < 4.78 is 5.87. The van der Waals surface area contributed by atoms with Crippen molar-refractivity contribution in [3.8, 4) is 0 Å². The Kier molecular flexibility index (Phi) is 3.81. The third-order valence-corrected chi connectivity index (χ3v) is 3.33. The van der Waals surface area contributed by atoms with Crippen molar-refractivity contribution in [1.29, 1.82) is 0 Å². The van der Waals surface area contributed by atoms with Crippen molar-refractivity contribution in [2.75, 3.05) is 23.9 Å². The summed E-state index contributed by atoms with van der Waals surface area (Å²) in [7, 11) is 0. The Labute approximate surface area is 112 Å². The standard InChI is InChI=1S/C12H16Cl2N2O/c1-12(2)8-16(7-9(6-13)17-12)11-10(14)4-3-5-15-11/h3-5,9H,6-8H2,1-2H3. The normalized spacial score (nSPS) is 23.8. The topological polar surface area (TPSA) is 25.4 Å². The molecule has 94 valence electrons. The quantitative estimate of drug-likeness (QED) is 0.776. The van der Waals surface area contributed by atoms with Crippen molar-refractivity contribution in [2.45, 2.75) is 25.6 Å². The van der Waals surface area contributed by atoms with Crippen LogP contribution in [0, 0.1) is 0 Å². The van der Waals surface area contributed by atoms with E-state index in [1.165, 1.54) is 0 Å². The number of pyridine rings is 1. The molecule has 1 aromatic heterocycles. The van der Waals surface area contributed by atoms with E-state index in [4.69, 9.17) is 27.9 Å². The van der Waals surface area contributed by atoms with Crippen LogP contribution in [0.1, 0.15) is 13.8 Å². The van der Waals surface area contributed by atoms with Gasteiger partial charge < -0.3 is 9.64 Å². The maximum absolute atomic E-state index is 6.16. The molecule has 5 heteroatoms. The molecule has 0 N–H and O–H groups in total. The fourth-order valence-electron chi connectivity index (χ4n) is 2.15. The number of halogens is 2. The predicted molar refractivity (Wildman–Crippen MR) is 71.1 cm³/mol. The van der Waals surface area contributed by atoms with Gasteiger partial charge in [0, 0.05) is 19.3 Å². The van der Waals surface area contributed by atoms with Crippen LogP contribution >= 0.6 is 23.2 Å². The van der Waals surface area contributed by atoms with Crippen LogP contribution in [0.4, 0.5) is 5.82 Å². The molecule has 0 radical (unpaired) electrons. The summed E-state index contributed by atoms with van der Waals surface area (Å²) in [5.41, 5.74) is -0.237. The molecule has 1 unspecified atom stereocenters. The number of ether oxygens (including phenoxy) is 1. The lowest BCUT2D eigenvalue weighted by Crippen LogP contribution is -2.53. The average Bonchev–Trinajstić information content (AvgIpc) is 2.27. The molecule has 17 heavy (non-hydrogen) atoms. The third-order valence-electron chi connectivity index (χ3n) is 2.69. The monoisotopic (exact) mass is 274 g/mol. The largest absolute Gasteiger partial charge is 0.367 e. The van der Waals surface area contributed by atoms with Gasteiger partial charge in [0.1, 0.15) is 5.82 Å². The lowest BCUT2D eigenvalue weighted by Gasteiger charge is -2.43. The van der Waals surface area contributed by atoms with E-state index in [0.29, 0.717) is 10.9 Å². The highest BCUT2D eigenvalue weighted by atomic mass is 35.5. The van der Waals surface area contributed by atoms with Crippen LogP contribution in [0.25, 0.3) is 0 Å². The van der Waals surface area contributed by atoms with Crippen molar-refractivity contribution in [3.63, 3.8) is 0 Å². The Balaban J connectivity index is 2.24. The van der Waals surface area contributed by atoms with Crippen LogP contribution in [0.2, 0.25) is 5.02 Å². The van der Waals surface area contributed by atoms with E-state index in [9.17, 15) is 0 Å². The van der Waals surface area contributed by atoms with Gasteiger partial charge in [-0.1, -0.05) is 11.6 Å². The van der Waals surface area contributed by atoms with E-state index in [1.807, 2.05) is 12.1 Å². The van der Waals surface area contributed by atoms with Crippen molar-refractivity contribution in [3.05, 3.63) is 23.4 Å². The lowest BCUT2D eigenvalue weighted by molar-refractivity contribution is -0.0736. The Hall–Kier alpha value is -0.510. The number of hydrogen-bond donors (Lipinski definition) is 0. The molecular formula is C12H16Cl2N2O. The fraction of sp³-hybridized carbons (Fsp3) is 0.583. The van der Waals surface area contributed by atoms with Crippen molar-refractivity contribution >= 4 is 29.0 Å². The molecular weight excluding hydrogens is 259 g/mol. The van der Waals surface area contributed by atoms with E-state index in [1.54, 1.807) is 6.20 Å². The first-order chi connectivity index (χ1) is 8.02. The van der Waals surface area contributed by atoms with Gasteiger partial charge in [0.05, 0.1) is 22.6 Å². The number of rotatable bonds is 2. The Morgan fingerprint density at radius 1 is 1.59 bits per heavy atom. The molecule has 1 fully saturated rings. The highest BCUT2D eigenvalue weighted by molar-refractivity contribution is 6.32. The maximum atomic E-state index is 6.16. The summed E-state index contributed by atoms with van der Waals surface area (Å²) in [5.74, 6) is 1.28. The highest BCUT2D eigenvalue weighted by Gasteiger charge is 2.34. The molecule has 0 saturated carbocycles. The molecule has 1 aliphatic rings. The highest BCUT2D eigenvalue weighted by Crippen LogP contribution is 2.29. The molecule has 3 nitrogen and oxygen atoms in total. The molecule has 1 aliphatic heterocycles. The van der Waals surface area contributed by atoms with E-state index in [2.05, 4.69) is 23.7 Å². The van der Waals surface area contributed by atoms with Crippen LogP contribution in [-0.2, 0) is 4.74 Å². The molecule has 1 saturated heterocycles. The third kappa shape index (κ3) is 3.03. The minimum Gasteiger partial charge on any atom is -0.367 e. The number of anilines is 1. The minimum atomic E-state index is -0.237. The SMILES string of the molecule is CC1(C)CN(c2ncccc2Cl)CC(CCl)O1. The zero-order valence-corrected chi connectivity index (χ0v) is 11.5.